The van der Waals surface area contributed by atoms with E-state index in [0.717, 1.165) is 29.9 Å². The van der Waals surface area contributed by atoms with E-state index in [9.17, 15) is 0 Å². The predicted octanol–water partition coefficient (Wildman–Crippen LogP) is 3.14. The van der Waals surface area contributed by atoms with Crippen LogP contribution in [0.2, 0.25) is 0 Å². The highest BCUT2D eigenvalue weighted by molar-refractivity contribution is 5.48. The Labute approximate surface area is 121 Å². The summed E-state index contributed by atoms with van der Waals surface area (Å²) in [5.74, 6) is 6.70. The normalized spacial score (nSPS) is 9.95. The Hall–Kier alpha value is -1.50. The molecular formula is C17H24O3. The minimum Gasteiger partial charge on any atom is -0.495 e. The fourth-order valence-electron chi connectivity index (χ4n) is 1.80. The molecule has 1 rings (SSSR count). The highest BCUT2D eigenvalue weighted by Crippen LogP contribution is 2.19. The van der Waals surface area contributed by atoms with Crippen LogP contribution in [-0.4, -0.2) is 25.4 Å². The van der Waals surface area contributed by atoms with Crippen LogP contribution in [0.5, 0.6) is 5.75 Å². The molecule has 0 aromatic heterocycles. The molecule has 0 aliphatic heterocycles. The zero-order valence-electron chi connectivity index (χ0n) is 12.4. The average Bonchev–Trinajstić information content (AvgIpc) is 2.47. The molecule has 3 nitrogen and oxygen atoms in total. The van der Waals surface area contributed by atoms with Crippen LogP contribution in [0.3, 0.4) is 0 Å². The molecule has 0 heterocycles. The van der Waals surface area contributed by atoms with Gasteiger partial charge in [-0.15, -0.1) is 0 Å². The molecule has 0 bridgehead atoms. The van der Waals surface area contributed by atoms with Crippen LogP contribution in [-0.2, 0) is 11.3 Å². The molecule has 0 amide bonds. The van der Waals surface area contributed by atoms with Crippen molar-refractivity contribution in [2.24, 2.45) is 0 Å². The molecule has 110 valence electrons. The quantitative estimate of drug-likeness (QED) is 0.585. The molecule has 0 radical (unpaired) electrons. The van der Waals surface area contributed by atoms with Crippen molar-refractivity contribution < 1.29 is 14.6 Å². The topological polar surface area (TPSA) is 38.7 Å². The molecule has 0 aliphatic carbocycles. The molecule has 0 atom stereocenters. The number of rotatable bonds is 8. The van der Waals surface area contributed by atoms with E-state index in [1.165, 1.54) is 12.8 Å². The third kappa shape index (κ3) is 6.10. The maximum atomic E-state index is 8.76. The number of hydrogen-bond donors (Lipinski definition) is 1. The SMILES string of the molecule is CCCCCOCc1ccc(OC)c(C#CCCO)c1. The molecular weight excluding hydrogens is 252 g/mol. The summed E-state index contributed by atoms with van der Waals surface area (Å²) in [5.41, 5.74) is 1.94. The summed E-state index contributed by atoms with van der Waals surface area (Å²) >= 11 is 0. The smallest absolute Gasteiger partial charge is 0.134 e. The van der Waals surface area contributed by atoms with E-state index in [-0.39, 0.29) is 6.61 Å². The second-order valence-electron chi connectivity index (χ2n) is 4.57. The van der Waals surface area contributed by atoms with Crippen LogP contribution in [0, 0.1) is 11.8 Å². The monoisotopic (exact) mass is 276 g/mol. The Morgan fingerprint density at radius 1 is 1.25 bits per heavy atom. The molecule has 0 aliphatic rings. The van der Waals surface area contributed by atoms with Crippen molar-refractivity contribution >= 4 is 0 Å². The molecule has 3 heteroatoms. The molecule has 0 saturated heterocycles. The number of benzene rings is 1. The Morgan fingerprint density at radius 3 is 2.80 bits per heavy atom. The maximum Gasteiger partial charge on any atom is 0.134 e. The highest BCUT2D eigenvalue weighted by atomic mass is 16.5. The van der Waals surface area contributed by atoms with E-state index in [1.54, 1.807) is 7.11 Å². The number of methoxy groups -OCH3 is 1. The van der Waals surface area contributed by atoms with E-state index in [1.807, 2.05) is 18.2 Å². The Bertz CT molecular complexity index is 443. The van der Waals surface area contributed by atoms with Crippen molar-refractivity contribution in [3.05, 3.63) is 29.3 Å². The summed E-state index contributed by atoms with van der Waals surface area (Å²) in [6.45, 7) is 3.66. The van der Waals surface area contributed by atoms with Gasteiger partial charge in [0.05, 0.1) is 25.9 Å². The van der Waals surface area contributed by atoms with Gasteiger partial charge in [-0.2, -0.15) is 0 Å². The third-order valence-electron chi connectivity index (χ3n) is 2.88. The van der Waals surface area contributed by atoms with E-state index in [4.69, 9.17) is 14.6 Å². The zero-order chi connectivity index (χ0) is 14.6. The summed E-state index contributed by atoms with van der Waals surface area (Å²) in [5, 5.41) is 8.76. The van der Waals surface area contributed by atoms with Gasteiger partial charge in [-0.05, 0) is 24.1 Å². The van der Waals surface area contributed by atoms with E-state index < -0.39 is 0 Å². The van der Waals surface area contributed by atoms with Crippen LogP contribution in [0.25, 0.3) is 0 Å². The minimum atomic E-state index is 0.0789. The largest absolute Gasteiger partial charge is 0.495 e. The van der Waals surface area contributed by atoms with Crippen molar-refractivity contribution in [2.45, 2.75) is 39.2 Å². The second kappa shape index (κ2) is 10.3. The first-order valence-electron chi connectivity index (χ1n) is 7.16. The van der Waals surface area contributed by atoms with Gasteiger partial charge in [0.15, 0.2) is 0 Å². The second-order valence-corrected chi connectivity index (χ2v) is 4.57. The van der Waals surface area contributed by atoms with Crippen LogP contribution in [0.1, 0.15) is 43.7 Å². The summed E-state index contributed by atoms with van der Waals surface area (Å²) in [4.78, 5) is 0. The van der Waals surface area contributed by atoms with Crippen molar-refractivity contribution in [1.29, 1.82) is 0 Å². The van der Waals surface area contributed by atoms with Crippen molar-refractivity contribution in [3.63, 3.8) is 0 Å². The van der Waals surface area contributed by atoms with Gasteiger partial charge < -0.3 is 14.6 Å². The van der Waals surface area contributed by atoms with E-state index in [2.05, 4.69) is 18.8 Å². The van der Waals surface area contributed by atoms with Gasteiger partial charge in [-0.25, -0.2) is 0 Å². The number of ether oxygens (including phenoxy) is 2. The summed E-state index contributed by atoms with van der Waals surface area (Å²) < 4.78 is 10.9. The maximum absolute atomic E-state index is 8.76. The van der Waals surface area contributed by atoms with Crippen molar-refractivity contribution in [2.75, 3.05) is 20.3 Å². The number of hydrogen-bond acceptors (Lipinski definition) is 3. The van der Waals surface area contributed by atoms with Gasteiger partial charge in [0.2, 0.25) is 0 Å². The number of unbranched alkanes of at least 4 members (excludes halogenated alkanes) is 2. The molecule has 0 unspecified atom stereocenters. The van der Waals surface area contributed by atoms with E-state index >= 15 is 0 Å². The fourth-order valence-corrected chi connectivity index (χ4v) is 1.80. The lowest BCUT2D eigenvalue weighted by molar-refractivity contribution is 0.117. The lowest BCUT2D eigenvalue weighted by atomic mass is 10.1. The molecule has 1 aromatic rings. The summed E-state index contributed by atoms with van der Waals surface area (Å²) in [6.07, 6.45) is 3.99. The van der Waals surface area contributed by atoms with Crippen molar-refractivity contribution in [3.8, 4) is 17.6 Å². The Morgan fingerprint density at radius 2 is 2.10 bits per heavy atom. The lowest BCUT2D eigenvalue weighted by Crippen LogP contribution is -1.97. The van der Waals surface area contributed by atoms with Crippen molar-refractivity contribution in [1.82, 2.24) is 0 Å². The van der Waals surface area contributed by atoms with Gasteiger partial charge in [0, 0.05) is 13.0 Å². The van der Waals surface area contributed by atoms with Gasteiger partial charge in [-0.1, -0.05) is 37.7 Å². The third-order valence-corrected chi connectivity index (χ3v) is 2.88. The van der Waals surface area contributed by atoms with E-state index in [0.29, 0.717) is 13.0 Å². The molecule has 0 spiro atoms. The summed E-state index contributed by atoms with van der Waals surface area (Å²) in [6, 6.07) is 5.90. The average molecular weight is 276 g/mol. The lowest BCUT2D eigenvalue weighted by Gasteiger charge is -2.07. The number of aliphatic hydroxyl groups is 1. The Balaban J connectivity index is 2.60. The first-order valence-corrected chi connectivity index (χ1v) is 7.16. The van der Waals surface area contributed by atoms with Crippen LogP contribution in [0.15, 0.2) is 18.2 Å². The zero-order valence-corrected chi connectivity index (χ0v) is 12.4. The summed E-state index contributed by atoms with van der Waals surface area (Å²) in [7, 11) is 1.63. The molecule has 1 aromatic carbocycles. The first-order chi connectivity index (χ1) is 9.81. The van der Waals surface area contributed by atoms with Gasteiger partial charge >= 0.3 is 0 Å². The Kier molecular flexibility index (Phi) is 8.53. The van der Waals surface area contributed by atoms with Crippen LogP contribution < -0.4 is 4.74 Å². The van der Waals surface area contributed by atoms with Crippen LogP contribution >= 0.6 is 0 Å². The fraction of sp³-hybridized carbons (Fsp3) is 0.529. The minimum absolute atomic E-state index is 0.0789. The molecule has 20 heavy (non-hydrogen) atoms. The molecule has 1 N–H and O–H groups in total. The number of aliphatic hydroxyl groups excluding tert-OH is 1. The standard InChI is InChI=1S/C17H24O3/c1-3-4-7-12-20-14-15-9-10-17(19-2)16(13-15)8-5-6-11-18/h9-10,13,18H,3-4,6-7,11-12,14H2,1-2H3. The van der Waals surface area contributed by atoms with Gasteiger partial charge in [-0.3, -0.25) is 0 Å². The van der Waals surface area contributed by atoms with Crippen LogP contribution in [0.4, 0.5) is 0 Å². The first kappa shape index (κ1) is 16.6. The van der Waals surface area contributed by atoms with Gasteiger partial charge in [0.25, 0.3) is 0 Å². The molecule has 0 fully saturated rings. The van der Waals surface area contributed by atoms with Gasteiger partial charge in [0.1, 0.15) is 5.75 Å². The predicted molar refractivity (Wildman–Crippen MR) is 80.8 cm³/mol. The highest BCUT2D eigenvalue weighted by Gasteiger charge is 2.02. The molecule has 0 saturated carbocycles.